The topological polar surface area (TPSA) is 0 Å². The third kappa shape index (κ3) is 4.91. The van der Waals surface area contributed by atoms with Gasteiger partial charge in [0.05, 0.1) is 0 Å². The molecule has 18 heavy (non-hydrogen) atoms. The molecule has 0 heterocycles. The van der Waals surface area contributed by atoms with Gasteiger partial charge in [0.2, 0.25) is 0 Å². The predicted octanol–water partition coefficient (Wildman–Crippen LogP) is 5.39. The molecule has 0 N–H and O–H groups in total. The summed E-state index contributed by atoms with van der Waals surface area (Å²) in [4.78, 5) is 0. The van der Waals surface area contributed by atoms with Gasteiger partial charge >= 0.3 is 0 Å². The van der Waals surface area contributed by atoms with E-state index in [9.17, 15) is 4.39 Å². The molecule has 2 aromatic rings. The van der Waals surface area contributed by atoms with Gasteiger partial charge in [-0.1, -0.05) is 42.8 Å². The van der Waals surface area contributed by atoms with E-state index in [1.807, 2.05) is 45.0 Å². The van der Waals surface area contributed by atoms with Crippen LogP contribution in [0.4, 0.5) is 4.39 Å². The van der Waals surface area contributed by atoms with Gasteiger partial charge in [-0.2, -0.15) is 29.8 Å². The SMILES string of the molecule is CC.Cc1[c-]cc(-c2ccc(Br)cc2F)cc1.[Y]. The van der Waals surface area contributed by atoms with Crippen LogP contribution in [0.5, 0.6) is 0 Å². The first kappa shape index (κ1) is 18.0. The summed E-state index contributed by atoms with van der Waals surface area (Å²) in [5, 5.41) is 0. The minimum absolute atomic E-state index is 0. The van der Waals surface area contributed by atoms with Crippen LogP contribution in [0, 0.1) is 18.8 Å². The average Bonchev–Trinajstić information content (AvgIpc) is 2.33. The fourth-order valence-electron chi connectivity index (χ4n) is 1.39. The standard InChI is InChI=1S/C13H9BrF.C2H6.Y/c1-9-2-4-10(5-3-9)12-7-6-11(14)8-13(12)15;1-2;/h2,4-8H,1H3;1-2H3;/q-1;;. The van der Waals surface area contributed by atoms with Crippen LogP contribution in [0.25, 0.3) is 11.1 Å². The third-order valence-electron chi connectivity index (χ3n) is 2.21. The number of halogens is 2. The largest absolute Gasteiger partial charge is 0.207 e. The van der Waals surface area contributed by atoms with Crippen LogP contribution >= 0.6 is 15.9 Å². The Kier molecular flexibility index (Phi) is 8.93. The fraction of sp³-hybridized carbons (Fsp3) is 0.200. The van der Waals surface area contributed by atoms with Gasteiger partial charge in [0.1, 0.15) is 5.82 Å². The van der Waals surface area contributed by atoms with E-state index in [0.29, 0.717) is 5.56 Å². The molecule has 0 spiro atoms. The summed E-state index contributed by atoms with van der Waals surface area (Å²) in [6.07, 6.45) is 0. The molecule has 0 aromatic heterocycles. The van der Waals surface area contributed by atoms with Crippen LogP contribution in [0.3, 0.4) is 0 Å². The Morgan fingerprint density at radius 2 is 1.78 bits per heavy atom. The summed E-state index contributed by atoms with van der Waals surface area (Å²) in [5.74, 6) is -0.221. The molecule has 2 rings (SSSR count). The molecule has 0 nitrogen and oxygen atoms in total. The van der Waals surface area contributed by atoms with Crippen LogP contribution in [-0.4, -0.2) is 0 Å². The number of aryl methyl sites for hydroxylation is 1. The van der Waals surface area contributed by atoms with Gasteiger partial charge in [-0.05, 0) is 17.7 Å². The second-order valence-electron chi connectivity index (χ2n) is 3.38. The van der Waals surface area contributed by atoms with Crippen LogP contribution in [0.1, 0.15) is 19.4 Å². The first-order valence-electron chi connectivity index (χ1n) is 5.60. The van der Waals surface area contributed by atoms with Crippen molar-refractivity contribution in [2.45, 2.75) is 20.8 Å². The number of hydrogen-bond donors (Lipinski definition) is 0. The normalized spacial score (nSPS) is 8.94. The van der Waals surface area contributed by atoms with Crippen LogP contribution < -0.4 is 0 Å². The third-order valence-corrected chi connectivity index (χ3v) is 2.70. The van der Waals surface area contributed by atoms with Gasteiger partial charge in [-0.25, -0.2) is 4.39 Å². The number of hydrogen-bond acceptors (Lipinski definition) is 0. The summed E-state index contributed by atoms with van der Waals surface area (Å²) in [7, 11) is 0. The van der Waals surface area contributed by atoms with E-state index in [2.05, 4.69) is 22.0 Å². The van der Waals surface area contributed by atoms with E-state index in [1.165, 1.54) is 6.07 Å². The minimum Gasteiger partial charge on any atom is -0.207 e. The molecule has 0 atom stereocenters. The van der Waals surface area contributed by atoms with E-state index in [-0.39, 0.29) is 38.5 Å². The van der Waals surface area contributed by atoms with Crippen molar-refractivity contribution >= 4 is 15.9 Å². The molecule has 0 fully saturated rings. The van der Waals surface area contributed by atoms with E-state index < -0.39 is 0 Å². The zero-order chi connectivity index (χ0) is 12.8. The van der Waals surface area contributed by atoms with Crippen molar-refractivity contribution in [3.63, 3.8) is 0 Å². The summed E-state index contributed by atoms with van der Waals surface area (Å²) in [5.41, 5.74) is 2.51. The maximum atomic E-state index is 13.6. The molecule has 0 aliphatic heterocycles. The summed E-state index contributed by atoms with van der Waals surface area (Å²) in [6.45, 7) is 5.96. The molecule has 0 amide bonds. The Labute approximate surface area is 142 Å². The van der Waals surface area contributed by atoms with E-state index in [1.54, 1.807) is 6.07 Å². The smallest absolute Gasteiger partial charge is 0.119 e. The van der Waals surface area contributed by atoms with Crippen LogP contribution in [0.2, 0.25) is 0 Å². The zero-order valence-electron chi connectivity index (χ0n) is 10.8. The molecule has 0 aliphatic rings. The van der Waals surface area contributed by atoms with Crippen LogP contribution in [0.15, 0.2) is 40.9 Å². The van der Waals surface area contributed by atoms with Crippen molar-refractivity contribution < 1.29 is 37.1 Å². The molecule has 1 radical (unpaired) electrons. The Morgan fingerprint density at radius 1 is 1.11 bits per heavy atom. The summed E-state index contributed by atoms with van der Waals surface area (Å²) < 4.78 is 14.3. The van der Waals surface area contributed by atoms with Gasteiger partial charge < -0.3 is 0 Å². The van der Waals surface area contributed by atoms with E-state index in [0.717, 1.165) is 15.6 Å². The van der Waals surface area contributed by atoms with Gasteiger partial charge in [0, 0.05) is 37.2 Å². The van der Waals surface area contributed by atoms with Crippen molar-refractivity contribution in [1.29, 1.82) is 0 Å². The first-order chi connectivity index (χ1) is 8.16. The molecule has 0 saturated heterocycles. The first-order valence-corrected chi connectivity index (χ1v) is 6.40. The summed E-state index contributed by atoms with van der Waals surface area (Å²) in [6, 6.07) is 13.8. The molecular formula is C15H15BrFY-. The van der Waals surface area contributed by atoms with Crippen molar-refractivity contribution in [2.75, 3.05) is 0 Å². The molecule has 0 bridgehead atoms. The fourth-order valence-corrected chi connectivity index (χ4v) is 1.73. The van der Waals surface area contributed by atoms with Gasteiger partial charge in [0.15, 0.2) is 0 Å². The molecule has 2 aromatic carbocycles. The van der Waals surface area contributed by atoms with Crippen molar-refractivity contribution in [2.24, 2.45) is 0 Å². The second-order valence-corrected chi connectivity index (χ2v) is 4.30. The Balaban J connectivity index is 0.000000917. The van der Waals surface area contributed by atoms with E-state index in [4.69, 9.17) is 0 Å². The maximum absolute atomic E-state index is 13.6. The molecule has 0 saturated carbocycles. The number of rotatable bonds is 1. The van der Waals surface area contributed by atoms with Crippen molar-refractivity contribution in [3.05, 3.63) is 58.3 Å². The van der Waals surface area contributed by atoms with Gasteiger partial charge in [0.25, 0.3) is 0 Å². The van der Waals surface area contributed by atoms with Crippen LogP contribution in [-0.2, 0) is 32.7 Å². The second kappa shape index (κ2) is 8.95. The predicted molar refractivity (Wildman–Crippen MR) is 74.5 cm³/mol. The molecular weight excluding hydrogens is 368 g/mol. The monoisotopic (exact) mass is 382 g/mol. The summed E-state index contributed by atoms with van der Waals surface area (Å²) >= 11 is 3.23. The van der Waals surface area contributed by atoms with Gasteiger partial charge in [-0.3, -0.25) is 0 Å². The van der Waals surface area contributed by atoms with E-state index >= 15 is 0 Å². The zero-order valence-corrected chi connectivity index (χ0v) is 15.2. The Bertz CT molecular complexity index is 480. The molecule has 0 unspecified atom stereocenters. The minimum atomic E-state index is -0.221. The maximum Gasteiger partial charge on any atom is 0.119 e. The Morgan fingerprint density at radius 3 is 2.28 bits per heavy atom. The molecule has 3 heteroatoms. The van der Waals surface area contributed by atoms with Crippen molar-refractivity contribution in [1.82, 2.24) is 0 Å². The van der Waals surface area contributed by atoms with Gasteiger partial charge in [-0.15, -0.1) is 5.56 Å². The quantitative estimate of drug-likeness (QED) is 0.580. The molecule has 0 aliphatic carbocycles. The Hall–Kier alpha value is -0.0461. The molecule has 93 valence electrons. The van der Waals surface area contributed by atoms with Crippen molar-refractivity contribution in [3.8, 4) is 11.1 Å². The number of benzene rings is 2. The average molecular weight is 383 g/mol.